The second kappa shape index (κ2) is 3.66. The lowest BCUT2D eigenvalue weighted by molar-refractivity contribution is -0.138. The number of hydrogen-bond donors (Lipinski definition) is 2. The van der Waals surface area contributed by atoms with E-state index in [0.29, 0.717) is 6.42 Å². The Kier molecular flexibility index (Phi) is 2.49. The molecule has 0 heterocycles. The van der Waals surface area contributed by atoms with Crippen LogP contribution in [0.15, 0.2) is 24.3 Å². The molecule has 0 fully saturated rings. The van der Waals surface area contributed by atoms with Crippen molar-refractivity contribution in [3.63, 3.8) is 0 Å². The van der Waals surface area contributed by atoms with Gasteiger partial charge in [-0.15, -0.1) is 0 Å². The maximum atomic E-state index is 10.7. The van der Waals surface area contributed by atoms with Crippen molar-refractivity contribution >= 4 is 5.97 Å². The highest BCUT2D eigenvalue weighted by atomic mass is 16.4. The summed E-state index contributed by atoms with van der Waals surface area (Å²) in [5.74, 6) is -0.808. The number of fused-ring (bicyclic) bond motifs is 1. The fourth-order valence-corrected chi connectivity index (χ4v) is 2.28. The Bertz CT molecular complexity index is 389. The third-order valence-electron chi connectivity index (χ3n) is 3.06. The Labute approximate surface area is 88.9 Å². The standard InChI is InChI=1S/C12H15NO2/c13-12(8-11(14)15)6-5-9-3-1-2-4-10(9)7-12/h1-4H,5-8,13H2,(H,14,15). The van der Waals surface area contributed by atoms with Gasteiger partial charge in [-0.3, -0.25) is 4.79 Å². The normalized spacial score (nSPS) is 24.6. The van der Waals surface area contributed by atoms with Crippen LogP contribution in [0.2, 0.25) is 0 Å². The molecule has 1 aliphatic rings. The summed E-state index contributed by atoms with van der Waals surface area (Å²) in [7, 11) is 0. The van der Waals surface area contributed by atoms with Crippen molar-refractivity contribution in [3.8, 4) is 0 Å². The van der Waals surface area contributed by atoms with Gasteiger partial charge in [0.05, 0.1) is 6.42 Å². The average Bonchev–Trinajstić information content (AvgIpc) is 2.15. The number of carbonyl (C=O) groups is 1. The molecule has 1 aromatic rings. The largest absolute Gasteiger partial charge is 0.481 e. The van der Waals surface area contributed by atoms with E-state index in [9.17, 15) is 4.79 Å². The maximum absolute atomic E-state index is 10.7. The Hall–Kier alpha value is -1.35. The third-order valence-corrected chi connectivity index (χ3v) is 3.06. The van der Waals surface area contributed by atoms with E-state index in [1.54, 1.807) is 0 Å². The fraction of sp³-hybridized carbons (Fsp3) is 0.417. The van der Waals surface area contributed by atoms with Gasteiger partial charge in [-0.05, 0) is 30.4 Å². The quantitative estimate of drug-likeness (QED) is 0.766. The van der Waals surface area contributed by atoms with Gasteiger partial charge in [0.15, 0.2) is 0 Å². The van der Waals surface area contributed by atoms with E-state index in [0.717, 1.165) is 12.8 Å². The average molecular weight is 205 g/mol. The summed E-state index contributed by atoms with van der Waals surface area (Å²) in [6, 6.07) is 8.12. The number of nitrogens with two attached hydrogens (primary N) is 1. The van der Waals surface area contributed by atoms with Gasteiger partial charge < -0.3 is 10.8 Å². The molecule has 0 bridgehead atoms. The van der Waals surface area contributed by atoms with Crippen molar-refractivity contribution in [1.29, 1.82) is 0 Å². The van der Waals surface area contributed by atoms with Crippen LogP contribution in [0.5, 0.6) is 0 Å². The molecule has 0 aliphatic heterocycles. The van der Waals surface area contributed by atoms with Crippen molar-refractivity contribution in [3.05, 3.63) is 35.4 Å². The minimum Gasteiger partial charge on any atom is -0.481 e. The minimum atomic E-state index is -0.808. The molecule has 3 heteroatoms. The van der Waals surface area contributed by atoms with Crippen LogP contribution in [0.25, 0.3) is 0 Å². The Balaban J connectivity index is 2.21. The van der Waals surface area contributed by atoms with Crippen LogP contribution in [-0.2, 0) is 17.6 Å². The Morgan fingerprint density at radius 2 is 2.07 bits per heavy atom. The summed E-state index contributed by atoms with van der Waals surface area (Å²) in [6.45, 7) is 0. The SMILES string of the molecule is NC1(CC(=O)O)CCc2ccccc2C1. The molecule has 0 spiro atoms. The third kappa shape index (κ3) is 2.18. The van der Waals surface area contributed by atoms with Crippen LogP contribution in [0.4, 0.5) is 0 Å². The van der Waals surface area contributed by atoms with Gasteiger partial charge >= 0.3 is 5.97 Å². The zero-order valence-electron chi connectivity index (χ0n) is 8.57. The summed E-state index contributed by atoms with van der Waals surface area (Å²) in [6.07, 6.45) is 2.38. The van der Waals surface area contributed by atoms with Crippen molar-refractivity contribution in [1.82, 2.24) is 0 Å². The molecule has 0 amide bonds. The predicted molar refractivity (Wildman–Crippen MR) is 57.6 cm³/mol. The van der Waals surface area contributed by atoms with E-state index >= 15 is 0 Å². The van der Waals surface area contributed by atoms with Gasteiger partial charge in [-0.25, -0.2) is 0 Å². The first-order valence-corrected chi connectivity index (χ1v) is 5.17. The first-order valence-electron chi connectivity index (χ1n) is 5.17. The molecule has 0 radical (unpaired) electrons. The van der Waals surface area contributed by atoms with Gasteiger partial charge in [-0.2, -0.15) is 0 Å². The molecule has 1 atom stereocenters. The molecule has 1 unspecified atom stereocenters. The van der Waals surface area contributed by atoms with Crippen molar-refractivity contribution in [2.75, 3.05) is 0 Å². The zero-order chi connectivity index (χ0) is 10.9. The highest BCUT2D eigenvalue weighted by molar-refractivity contribution is 5.68. The van der Waals surface area contributed by atoms with E-state index in [1.807, 2.05) is 18.2 Å². The predicted octanol–water partition coefficient (Wildman–Crippen LogP) is 1.35. The van der Waals surface area contributed by atoms with E-state index in [4.69, 9.17) is 10.8 Å². The van der Waals surface area contributed by atoms with Gasteiger partial charge in [0.1, 0.15) is 0 Å². The topological polar surface area (TPSA) is 63.3 Å². The molecule has 80 valence electrons. The molecule has 0 saturated carbocycles. The van der Waals surface area contributed by atoms with E-state index in [1.165, 1.54) is 11.1 Å². The number of carboxylic acids is 1. The summed E-state index contributed by atoms with van der Waals surface area (Å²) < 4.78 is 0. The number of hydrogen-bond acceptors (Lipinski definition) is 2. The van der Waals surface area contributed by atoms with Crippen LogP contribution in [0.3, 0.4) is 0 Å². The lowest BCUT2D eigenvalue weighted by atomic mass is 9.77. The van der Waals surface area contributed by atoms with E-state index in [2.05, 4.69) is 6.07 Å². The Morgan fingerprint density at radius 3 is 2.73 bits per heavy atom. The monoisotopic (exact) mass is 205 g/mol. The number of benzene rings is 1. The highest BCUT2D eigenvalue weighted by Gasteiger charge is 2.32. The molecule has 1 aliphatic carbocycles. The Morgan fingerprint density at radius 1 is 1.40 bits per heavy atom. The maximum Gasteiger partial charge on any atom is 0.305 e. The van der Waals surface area contributed by atoms with Crippen LogP contribution in [0.1, 0.15) is 24.0 Å². The van der Waals surface area contributed by atoms with Gasteiger partial charge in [-0.1, -0.05) is 24.3 Å². The first-order chi connectivity index (χ1) is 7.09. The summed E-state index contributed by atoms with van der Waals surface area (Å²) in [4.78, 5) is 10.7. The molecule has 0 aromatic heterocycles. The van der Waals surface area contributed by atoms with E-state index in [-0.39, 0.29) is 6.42 Å². The number of carboxylic acid groups (broad SMARTS) is 1. The molecule has 2 rings (SSSR count). The minimum absolute atomic E-state index is 0.0569. The second-order valence-electron chi connectivity index (χ2n) is 4.38. The molecule has 3 nitrogen and oxygen atoms in total. The summed E-state index contributed by atoms with van der Waals surface area (Å²) in [5, 5.41) is 8.80. The fourth-order valence-electron chi connectivity index (χ4n) is 2.28. The molecular weight excluding hydrogens is 190 g/mol. The zero-order valence-corrected chi connectivity index (χ0v) is 8.57. The molecule has 1 aromatic carbocycles. The van der Waals surface area contributed by atoms with Gasteiger partial charge in [0, 0.05) is 5.54 Å². The van der Waals surface area contributed by atoms with Crippen LogP contribution in [0, 0.1) is 0 Å². The molecular formula is C12H15NO2. The van der Waals surface area contributed by atoms with Crippen molar-refractivity contribution < 1.29 is 9.90 Å². The smallest absolute Gasteiger partial charge is 0.305 e. The van der Waals surface area contributed by atoms with Gasteiger partial charge in [0.25, 0.3) is 0 Å². The second-order valence-corrected chi connectivity index (χ2v) is 4.38. The van der Waals surface area contributed by atoms with Crippen LogP contribution >= 0.6 is 0 Å². The summed E-state index contributed by atoms with van der Waals surface area (Å²) in [5.41, 5.74) is 8.05. The van der Waals surface area contributed by atoms with E-state index < -0.39 is 11.5 Å². The lowest BCUT2D eigenvalue weighted by Gasteiger charge is -2.33. The summed E-state index contributed by atoms with van der Waals surface area (Å²) >= 11 is 0. The lowest BCUT2D eigenvalue weighted by Crippen LogP contribution is -2.46. The van der Waals surface area contributed by atoms with Crippen molar-refractivity contribution in [2.24, 2.45) is 5.73 Å². The number of aryl methyl sites for hydroxylation is 1. The first kappa shape index (κ1) is 10.2. The van der Waals surface area contributed by atoms with Crippen LogP contribution < -0.4 is 5.73 Å². The number of rotatable bonds is 2. The van der Waals surface area contributed by atoms with Crippen molar-refractivity contribution in [2.45, 2.75) is 31.2 Å². The van der Waals surface area contributed by atoms with Gasteiger partial charge in [0.2, 0.25) is 0 Å². The number of aliphatic carboxylic acids is 1. The highest BCUT2D eigenvalue weighted by Crippen LogP contribution is 2.29. The van der Waals surface area contributed by atoms with Crippen LogP contribution in [-0.4, -0.2) is 16.6 Å². The molecule has 3 N–H and O–H groups in total. The molecule has 15 heavy (non-hydrogen) atoms. The molecule has 0 saturated heterocycles.